The highest BCUT2D eigenvalue weighted by Gasteiger charge is 2.46. The van der Waals surface area contributed by atoms with Gasteiger partial charge in [0.1, 0.15) is 47.2 Å². The van der Waals surface area contributed by atoms with Crippen LogP contribution in [0.25, 0.3) is 33.3 Å². The standard InChI is InChI=1S/C32H31N7O2.C27H24BrN7O.C5H8O/c1-32(2,40)10-9-21-11-28(31-24(13-33)16-36-39(31)18-21)23-4-7-29(34-15-23)37-19-25-12-26(20-37)38(25)17-22-3-8-30(35-14-22)41-27-5-6-27;28-20-7-24(27-19(9-29)12-32-35(27)14-20)18-2-5-25(30-11-18)33-15-21-8-22(16-33)34(21)13-17-1-6-26(31-10-17)36-23-3-4-23;1-4-5(2,3)6/h3-4,7-8,11,14-16,18,25-27,40H,5-6,12,17,19-20H2,1-2H3;1-2,5-7,10-12,14,21-23H,3-4,8,13,15-16H2;1,6H,2-3H3. The number of terminal acetylenes is 1. The van der Waals surface area contributed by atoms with E-state index >= 15 is 0 Å². The van der Waals surface area contributed by atoms with E-state index in [1.54, 1.807) is 55.3 Å². The number of nitrogens with zero attached hydrogens (tertiary/aromatic N) is 14. The third-order valence-electron chi connectivity index (χ3n) is 15.7. The molecule has 0 aromatic carbocycles. The van der Waals surface area contributed by atoms with Gasteiger partial charge in [0.2, 0.25) is 11.8 Å². The summed E-state index contributed by atoms with van der Waals surface area (Å²) in [6.45, 7) is 12.1. The van der Waals surface area contributed by atoms with Crippen molar-refractivity contribution in [1.29, 1.82) is 10.5 Å². The van der Waals surface area contributed by atoms with Crippen LogP contribution in [0.5, 0.6) is 11.8 Å². The Balaban J connectivity index is 0.000000150. The van der Waals surface area contributed by atoms with Gasteiger partial charge in [-0.2, -0.15) is 20.7 Å². The molecule has 0 radical (unpaired) electrons. The van der Waals surface area contributed by atoms with Crippen LogP contribution in [0.15, 0.2) is 115 Å². The van der Waals surface area contributed by atoms with Gasteiger partial charge in [0.05, 0.1) is 34.6 Å². The number of aromatic nitrogens is 8. The minimum atomic E-state index is -1.11. The monoisotopic (exact) mass is 1170 g/mol. The Kier molecular flexibility index (Phi) is 15.1. The van der Waals surface area contributed by atoms with Crippen molar-refractivity contribution in [3.8, 4) is 70.3 Å². The average Bonchev–Trinajstić information content (AvgIpc) is 4.57. The van der Waals surface area contributed by atoms with E-state index in [-0.39, 0.29) is 0 Å². The molecule has 2 N–H and O–H groups in total. The zero-order chi connectivity index (χ0) is 57.6. The van der Waals surface area contributed by atoms with E-state index in [1.165, 1.54) is 24.0 Å². The summed E-state index contributed by atoms with van der Waals surface area (Å²) in [7, 11) is 0. The molecule has 4 unspecified atom stereocenters. The number of nitriles is 2. The summed E-state index contributed by atoms with van der Waals surface area (Å²) in [5.74, 6) is 11.5. The quantitative estimate of drug-likeness (QED) is 0.110. The molecule has 19 heteroatoms. The third-order valence-corrected chi connectivity index (χ3v) is 16.1. The summed E-state index contributed by atoms with van der Waals surface area (Å²) in [5, 5.41) is 46.5. The molecule has 6 saturated heterocycles. The molecule has 420 valence electrons. The van der Waals surface area contributed by atoms with Crippen molar-refractivity contribution in [2.24, 2.45) is 0 Å². The van der Waals surface area contributed by atoms with E-state index < -0.39 is 11.2 Å². The molecule has 8 aromatic rings. The Hall–Kier alpha value is -8.40. The van der Waals surface area contributed by atoms with E-state index in [1.807, 2.05) is 61.3 Å². The number of rotatable bonds is 12. The van der Waals surface area contributed by atoms with Crippen molar-refractivity contribution in [3.05, 3.63) is 143 Å². The zero-order valence-corrected chi connectivity index (χ0v) is 48.4. The molecule has 0 amide bonds. The second-order valence-electron chi connectivity index (χ2n) is 23.3. The van der Waals surface area contributed by atoms with Crippen molar-refractivity contribution in [2.45, 2.75) is 127 Å². The van der Waals surface area contributed by atoms with Crippen molar-refractivity contribution in [2.75, 3.05) is 36.0 Å². The van der Waals surface area contributed by atoms with E-state index in [9.17, 15) is 15.6 Å². The highest BCUT2D eigenvalue weighted by atomic mass is 79.9. The van der Waals surface area contributed by atoms with Crippen LogP contribution in [-0.2, 0) is 13.1 Å². The number of piperidine rings is 2. The lowest BCUT2D eigenvalue weighted by Gasteiger charge is -2.56. The van der Waals surface area contributed by atoms with E-state index in [2.05, 4.69) is 116 Å². The molecule has 2 saturated carbocycles. The fourth-order valence-corrected chi connectivity index (χ4v) is 11.5. The van der Waals surface area contributed by atoms with Crippen LogP contribution in [-0.4, -0.2) is 133 Å². The number of fused-ring (bicyclic) bond motifs is 6. The van der Waals surface area contributed by atoms with Crippen LogP contribution in [0.3, 0.4) is 0 Å². The number of pyridine rings is 6. The normalized spacial score (nSPS) is 20.0. The number of hydrogen-bond acceptors (Lipinski definition) is 16. The Labute approximate surface area is 491 Å². The van der Waals surface area contributed by atoms with Crippen molar-refractivity contribution >= 4 is 38.6 Å². The molecule has 14 heterocycles. The lowest BCUT2D eigenvalue weighted by atomic mass is 9.87. The van der Waals surface area contributed by atoms with Gasteiger partial charge in [-0.25, -0.2) is 29.0 Å². The molecule has 16 rings (SSSR count). The van der Waals surface area contributed by atoms with Gasteiger partial charge in [0.15, 0.2) is 0 Å². The van der Waals surface area contributed by atoms with Crippen LogP contribution in [0.1, 0.15) is 94.0 Å². The first-order valence-electron chi connectivity index (χ1n) is 28.1. The number of anilines is 2. The molecule has 0 spiro atoms. The van der Waals surface area contributed by atoms with Gasteiger partial charge in [0.25, 0.3) is 0 Å². The maximum Gasteiger partial charge on any atom is 0.213 e. The largest absolute Gasteiger partial charge is 0.474 e. The Morgan fingerprint density at radius 2 is 1.06 bits per heavy atom. The summed E-state index contributed by atoms with van der Waals surface area (Å²) < 4.78 is 15.9. The van der Waals surface area contributed by atoms with Crippen LogP contribution in [0, 0.1) is 46.8 Å². The fraction of sp³-hybridized carbons (Fsp3) is 0.375. The molecule has 2 aliphatic carbocycles. The summed E-state index contributed by atoms with van der Waals surface area (Å²) in [6.07, 6.45) is 27.0. The molecule has 8 aromatic heterocycles. The van der Waals surface area contributed by atoms with Crippen molar-refractivity contribution in [1.82, 2.24) is 49.0 Å². The predicted octanol–water partition coefficient (Wildman–Crippen LogP) is 8.61. The summed E-state index contributed by atoms with van der Waals surface area (Å²) in [4.78, 5) is 28.6. The summed E-state index contributed by atoms with van der Waals surface area (Å²) in [6, 6.07) is 27.0. The van der Waals surface area contributed by atoms with Crippen molar-refractivity contribution in [3.63, 3.8) is 0 Å². The first kappa shape index (κ1) is 55.2. The number of ether oxygens (including phenoxy) is 2. The second kappa shape index (κ2) is 22.7. The number of aliphatic hydroxyl groups is 2. The minimum absolute atomic E-state index is 0.364. The Bertz CT molecular complexity index is 3850. The molecule has 6 aliphatic heterocycles. The van der Waals surface area contributed by atoms with Gasteiger partial charge in [-0.05, 0) is 130 Å². The van der Waals surface area contributed by atoms with Gasteiger partial charge in [-0.3, -0.25) is 9.80 Å². The summed E-state index contributed by atoms with van der Waals surface area (Å²) >= 11 is 3.56. The maximum absolute atomic E-state index is 10.1. The van der Waals surface area contributed by atoms with E-state index in [4.69, 9.17) is 31.0 Å². The van der Waals surface area contributed by atoms with Gasteiger partial charge in [-0.15, -0.1) is 6.42 Å². The van der Waals surface area contributed by atoms with E-state index in [0.29, 0.717) is 58.6 Å². The maximum atomic E-state index is 10.1. The van der Waals surface area contributed by atoms with Gasteiger partial charge < -0.3 is 29.5 Å². The first-order chi connectivity index (χ1) is 40.0. The van der Waals surface area contributed by atoms with Crippen LogP contribution < -0.4 is 19.3 Å². The minimum Gasteiger partial charge on any atom is -0.474 e. The van der Waals surface area contributed by atoms with Crippen molar-refractivity contribution < 1.29 is 19.7 Å². The highest BCUT2D eigenvalue weighted by Crippen LogP contribution is 2.39. The number of hydrogen-bond donors (Lipinski definition) is 2. The smallest absolute Gasteiger partial charge is 0.213 e. The number of halogens is 1. The topological polar surface area (TPSA) is 206 Å². The second-order valence-corrected chi connectivity index (χ2v) is 24.3. The van der Waals surface area contributed by atoms with Gasteiger partial charge >= 0.3 is 0 Å². The number of piperazine rings is 2. The molecule has 8 aliphatic rings. The molecule has 8 fully saturated rings. The molecular weight excluding hydrogens is 1110 g/mol. The zero-order valence-electron chi connectivity index (χ0n) is 46.8. The average molecular weight is 1170 g/mol. The van der Waals surface area contributed by atoms with Crippen LogP contribution >= 0.6 is 15.9 Å². The molecule has 18 nitrogen and oxygen atoms in total. The van der Waals surface area contributed by atoms with Crippen LogP contribution in [0.4, 0.5) is 11.6 Å². The van der Waals surface area contributed by atoms with Gasteiger partial charge in [-0.1, -0.05) is 29.9 Å². The Morgan fingerprint density at radius 1 is 0.602 bits per heavy atom. The molecule has 83 heavy (non-hydrogen) atoms. The third kappa shape index (κ3) is 12.7. The highest BCUT2D eigenvalue weighted by molar-refractivity contribution is 9.10. The predicted molar refractivity (Wildman–Crippen MR) is 318 cm³/mol. The van der Waals surface area contributed by atoms with E-state index in [0.717, 1.165) is 121 Å². The fourth-order valence-electron chi connectivity index (χ4n) is 11.1. The molecule has 4 atom stereocenters. The Morgan fingerprint density at radius 3 is 1.45 bits per heavy atom. The SMILES string of the molecule is C#CC(C)(C)O.CC(C)(O)C#Cc1cc(-c2ccc(N3CC4CC(C3)N4Cc3ccc(OC4CC4)nc3)nc2)c2c(C#N)cnn2c1.N#Cc1cnn2cc(Br)cc(-c3ccc(N4CC5CC(C4)N5Cc4ccc(OC5CC5)nc4)nc3)c12. The lowest BCUT2D eigenvalue weighted by molar-refractivity contribution is -0.00879. The first-order valence-corrected chi connectivity index (χ1v) is 28.9. The summed E-state index contributed by atoms with van der Waals surface area (Å²) in [5.41, 5.74) is 7.28. The van der Waals surface area contributed by atoms with Gasteiger partial charge in [0, 0.05) is 145 Å². The lowest BCUT2D eigenvalue weighted by Crippen LogP contribution is -2.68. The molecular formula is C64H63BrN14O4. The van der Waals surface area contributed by atoms with Crippen LogP contribution in [0.2, 0.25) is 0 Å². The molecule has 4 bridgehead atoms.